The zero-order valence-corrected chi connectivity index (χ0v) is 13.6. The lowest BCUT2D eigenvalue weighted by molar-refractivity contribution is 0.482. The maximum Gasteiger partial charge on any atom is 0.243 e. The van der Waals surface area contributed by atoms with Gasteiger partial charge in [-0.15, -0.1) is 0 Å². The van der Waals surface area contributed by atoms with E-state index in [1.54, 1.807) is 0 Å². The van der Waals surface area contributed by atoms with Gasteiger partial charge in [0.05, 0.1) is 0 Å². The van der Waals surface area contributed by atoms with E-state index in [4.69, 9.17) is 11.6 Å². The summed E-state index contributed by atoms with van der Waals surface area (Å²) in [6.45, 7) is 5.91. The number of pyridine rings is 1. The second-order valence-electron chi connectivity index (χ2n) is 4.59. The Hall–Kier alpha value is -0.170. The van der Waals surface area contributed by atoms with Crippen LogP contribution in [0.25, 0.3) is 0 Å². The molecule has 0 aromatic carbocycles. The Bertz CT molecular complexity index is 520. The van der Waals surface area contributed by atoms with Crippen LogP contribution >= 0.6 is 27.5 Å². The minimum Gasteiger partial charge on any atom is -0.242 e. The predicted octanol–water partition coefficient (Wildman–Crippen LogP) is 3.21. The highest BCUT2D eigenvalue weighted by atomic mass is 79.9. The van der Waals surface area contributed by atoms with Crippen molar-refractivity contribution >= 4 is 37.6 Å². The van der Waals surface area contributed by atoms with Gasteiger partial charge in [0, 0.05) is 16.7 Å². The fraction of sp³-hybridized carbons (Fsp3) is 0.545. The fourth-order valence-electron chi connectivity index (χ4n) is 1.68. The van der Waals surface area contributed by atoms with Crippen molar-refractivity contribution in [2.24, 2.45) is 5.92 Å². The fourth-order valence-corrected chi connectivity index (χ4v) is 3.88. The second-order valence-corrected chi connectivity index (χ2v) is 7.55. The number of hydrogen-bond acceptors (Lipinski definition) is 3. The first-order valence-electron chi connectivity index (χ1n) is 5.55. The summed E-state index contributed by atoms with van der Waals surface area (Å²) in [5.41, 5.74) is 0. The molecule has 1 heterocycles. The van der Waals surface area contributed by atoms with Crippen LogP contribution in [-0.2, 0) is 10.0 Å². The van der Waals surface area contributed by atoms with Crippen molar-refractivity contribution in [2.45, 2.75) is 38.1 Å². The Kier molecular flexibility index (Phi) is 5.58. The monoisotopic (exact) mass is 354 g/mol. The van der Waals surface area contributed by atoms with E-state index in [1.807, 2.05) is 20.8 Å². The van der Waals surface area contributed by atoms with Crippen LogP contribution < -0.4 is 4.72 Å². The summed E-state index contributed by atoms with van der Waals surface area (Å²) in [7, 11) is -3.63. The van der Waals surface area contributed by atoms with E-state index in [0.29, 0.717) is 10.4 Å². The topological polar surface area (TPSA) is 59.1 Å². The summed E-state index contributed by atoms with van der Waals surface area (Å²) < 4.78 is 27.5. The van der Waals surface area contributed by atoms with E-state index < -0.39 is 10.0 Å². The molecule has 1 atom stereocenters. The minimum atomic E-state index is -3.63. The summed E-state index contributed by atoms with van der Waals surface area (Å²) >= 11 is 9.00. The van der Waals surface area contributed by atoms with E-state index in [0.717, 1.165) is 6.42 Å². The number of sulfonamides is 1. The number of aromatic nitrogens is 1. The lowest BCUT2D eigenvalue weighted by Crippen LogP contribution is -2.33. The van der Waals surface area contributed by atoms with E-state index >= 15 is 0 Å². The summed E-state index contributed by atoms with van der Waals surface area (Å²) in [5, 5.41) is -0.0255. The smallest absolute Gasteiger partial charge is 0.242 e. The highest BCUT2D eigenvalue weighted by Gasteiger charge is 2.21. The zero-order chi connectivity index (χ0) is 13.9. The maximum atomic E-state index is 12.1. The molecule has 0 saturated carbocycles. The molecule has 0 saturated heterocycles. The van der Waals surface area contributed by atoms with Crippen molar-refractivity contribution in [1.82, 2.24) is 9.71 Å². The number of halogens is 2. The van der Waals surface area contributed by atoms with Crippen LogP contribution in [0.3, 0.4) is 0 Å². The molecule has 18 heavy (non-hydrogen) atoms. The van der Waals surface area contributed by atoms with Crippen molar-refractivity contribution in [1.29, 1.82) is 0 Å². The molecule has 102 valence electrons. The molecule has 4 nitrogen and oxygen atoms in total. The number of rotatable bonds is 5. The van der Waals surface area contributed by atoms with Crippen molar-refractivity contribution < 1.29 is 8.42 Å². The summed E-state index contributed by atoms with van der Waals surface area (Å²) in [6.07, 6.45) is 2.22. The van der Waals surface area contributed by atoms with Gasteiger partial charge < -0.3 is 0 Å². The first-order valence-corrected chi connectivity index (χ1v) is 8.21. The van der Waals surface area contributed by atoms with E-state index in [-0.39, 0.29) is 16.1 Å². The van der Waals surface area contributed by atoms with Gasteiger partial charge in [0.25, 0.3) is 0 Å². The van der Waals surface area contributed by atoms with Crippen LogP contribution in [0.15, 0.2) is 21.6 Å². The summed E-state index contributed by atoms with van der Waals surface area (Å²) in [4.78, 5) is 3.81. The van der Waals surface area contributed by atoms with Crippen LogP contribution in [0.2, 0.25) is 5.15 Å². The van der Waals surface area contributed by atoms with Gasteiger partial charge in [-0.3, -0.25) is 0 Å². The second kappa shape index (κ2) is 6.32. The van der Waals surface area contributed by atoms with Gasteiger partial charge in [-0.25, -0.2) is 18.1 Å². The van der Waals surface area contributed by atoms with Gasteiger partial charge in [0.15, 0.2) is 0 Å². The van der Waals surface area contributed by atoms with Gasteiger partial charge in [0.1, 0.15) is 10.0 Å². The first-order chi connectivity index (χ1) is 8.22. The van der Waals surface area contributed by atoms with Crippen molar-refractivity contribution in [2.75, 3.05) is 0 Å². The van der Waals surface area contributed by atoms with Gasteiger partial charge in [-0.1, -0.05) is 25.4 Å². The predicted molar refractivity (Wildman–Crippen MR) is 76.2 cm³/mol. The average molecular weight is 356 g/mol. The van der Waals surface area contributed by atoms with E-state index in [1.165, 1.54) is 12.3 Å². The summed E-state index contributed by atoms with van der Waals surface area (Å²) in [6, 6.07) is 1.30. The molecule has 7 heteroatoms. The molecule has 0 radical (unpaired) electrons. The molecular weight excluding hydrogens is 340 g/mol. The van der Waals surface area contributed by atoms with Gasteiger partial charge >= 0.3 is 0 Å². The molecule has 0 fully saturated rings. The third kappa shape index (κ3) is 4.50. The Morgan fingerprint density at radius 2 is 2.06 bits per heavy atom. The molecule has 0 bridgehead atoms. The summed E-state index contributed by atoms with van der Waals surface area (Å²) in [5.74, 6) is 0.416. The molecule has 1 N–H and O–H groups in total. The Morgan fingerprint density at radius 1 is 1.44 bits per heavy atom. The molecule has 0 aliphatic carbocycles. The van der Waals surface area contributed by atoms with Crippen molar-refractivity contribution in [3.63, 3.8) is 0 Å². The third-order valence-corrected chi connectivity index (χ3v) is 4.69. The molecule has 0 spiro atoms. The Balaban J connectivity index is 2.96. The molecule has 1 unspecified atom stereocenters. The minimum absolute atomic E-state index is 0.00542. The molecule has 0 aliphatic rings. The quantitative estimate of drug-likeness (QED) is 0.825. The van der Waals surface area contributed by atoms with E-state index in [9.17, 15) is 8.42 Å². The molecule has 0 amide bonds. The van der Waals surface area contributed by atoms with Crippen LogP contribution in [-0.4, -0.2) is 19.4 Å². The number of hydrogen-bond donors (Lipinski definition) is 1. The number of nitrogens with one attached hydrogen (secondary N) is 1. The van der Waals surface area contributed by atoms with Crippen molar-refractivity contribution in [3.05, 3.63) is 21.9 Å². The highest BCUT2D eigenvalue weighted by molar-refractivity contribution is 9.10. The molecule has 1 rings (SSSR count). The molecule has 1 aromatic heterocycles. The van der Waals surface area contributed by atoms with Crippen LogP contribution in [0.1, 0.15) is 27.2 Å². The normalized spacial score (nSPS) is 13.9. The average Bonchev–Trinajstić information content (AvgIpc) is 2.19. The third-order valence-electron chi connectivity index (χ3n) is 2.24. The van der Waals surface area contributed by atoms with Crippen molar-refractivity contribution in [3.8, 4) is 0 Å². The number of nitrogens with zero attached hydrogens (tertiary/aromatic N) is 1. The van der Waals surface area contributed by atoms with Gasteiger partial charge in [0.2, 0.25) is 10.0 Å². The largest absolute Gasteiger partial charge is 0.243 e. The van der Waals surface area contributed by atoms with Crippen LogP contribution in [0, 0.1) is 5.92 Å². The van der Waals surface area contributed by atoms with E-state index in [2.05, 4.69) is 25.6 Å². The standard InChI is InChI=1S/C11H16BrClN2O2S/c1-7(2)4-8(3)15-18(16,17)10-5-9(12)6-14-11(10)13/h5-8,15H,4H2,1-3H3. The zero-order valence-electron chi connectivity index (χ0n) is 10.4. The first kappa shape index (κ1) is 15.9. The Morgan fingerprint density at radius 3 is 2.61 bits per heavy atom. The van der Waals surface area contributed by atoms with Gasteiger partial charge in [-0.05, 0) is 41.3 Å². The Labute approximate surface area is 121 Å². The highest BCUT2D eigenvalue weighted by Crippen LogP contribution is 2.23. The molecule has 0 aliphatic heterocycles. The maximum absolute atomic E-state index is 12.1. The lowest BCUT2D eigenvalue weighted by atomic mass is 10.1. The van der Waals surface area contributed by atoms with Gasteiger partial charge in [-0.2, -0.15) is 0 Å². The van der Waals surface area contributed by atoms with Crippen LogP contribution in [0.5, 0.6) is 0 Å². The molecule has 1 aromatic rings. The van der Waals surface area contributed by atoms with Crippen LogP contribution in [0.4, 0.5) is 0 Å². The lowest BCUT2D eigenvalue weighted by Gasteiger charge is -2.16. The SMILES string of the molecule is CC(C)CC(C)NS(=O)(=O)c1cc(Br)cnc1Cl. The molecular formula is C11H16BrClN2O2S.